The molecule has 6 nitrogen and oxygen atoms in total. The van der Waals surface area contributed by atoms with Gasteiger partial charge >= 0.3 is 7.12 Å². The SMILES string of the molecule is O=S(=O)(c1cccc(B(O)O)c1)N1CCC(O)CC1. The second-order valence-electron chi connectivity index (χ2n) is 4.58. The van der Waals surface area contributed by atoms with Crippen LogP contribution in [0.5, 0.6) is 0 Å². The van der Waals surface area contributed by atoms with E-state index in [2.05, 4.69) is 0 Å². The first-order chi connectivity index (χ1) is 8.91. The zero-order valence-electron chi connectivity index (χ0n) is 10.3. The Morgan fingerprint density at radius 3 is 2.42 bits per heavy atom. The Labute approximate surface area is 112 Å². The van der Waals surface area contributed by atoms with Crippen LogP contribution >= 0.6 is 0 Å². The van der Waals surface area contributed by atoms with Crippen molar-refractivity contribution in [3.63, 3.8) is 0 Å². The predicted molar refractivity (Wildman–Crippen MR) is 70.3 cm³/mol. The van der Waals surface area contributed by atoms with Crippen molar-refractivity contribution in [3.8, 4) is 0 Å². The third-order valence-corrected chi connectivity index (χ3v) is 5.11. The number of aliphatic hydroxyl groups excluding tert-OH is 1. The third-order valence-electron chi connectivity index (χ3n) is 3.22. The highest BCUT2D eigenvalue weighted by Crippen LogP contribution is 2.20. The maximum absolute atomic E-state index is 12.3. The molecule has 0 amide bonds. The molecule has 1 heterocycles. The Balaban J connectivity index is 2.26. The van der Waals surface area contributed by atoms with E-state index in [4.69, 9.17) is 10.0 Å². The fourth-order valence-corrected chi connectivity index (χ4v) is 3.59. The molecule has 0 unspecified atom stereocenters. The average Bonchev–Trinajstić information content (AvgIpc) is 2.39. The highest BCUT2D eigenvalue weighted by molar-refractivity contribution is 7.89. The Morgan fingerprint density at radius 1 is 1.21 bits per heavy atom. The molecule has 19 heavy (non-hydrogen) atoms. The zero-order valence-corrected chi connectivity index (χ0v) is 11.1. The molecule has 1 aromatic carbocycles. The van der Waals surface area contributed by atoms with Crippen LogP contribution in [-0.2, 0) is 10.0 Å². The fraction of sp³-hybridized carbons (Fsp3) is 0.455. The molecule has 8 heteroatoms. The lowest BCUT2D eigenvalue weighted by molar-refractivity contribution is 0.113. The average molecular weight is 285 g/mol. The van der Waals surface area contributed by atoms with Crippen molar-refractivity contribution in [1.82, 2.24) is 4.31 Å². The lowest BCUT2D eigenvalue weighted by Gasteiger charge is -2.28. The van der Waals surface area contributed by atoms with E-state index in [1.165, 1.54) is 28.6 Å². The highest BCUT2D eigenvalue weighted by Gasteiger charge is 2.29. The number of benzene rings is 1. The molecule has 1 aliphatic rings. The number of hydrogen-bond donors (Lipinski definition) is 3. The van der Waals surface area contributed by atoms with Crippen LogP contribution in [0.3, 0.4) is 0 Å². The number of piperidine rings is 1. The number of sulfonamides is 1. The molecule has 0 aliphatic carbocycles. The third kappa shape index (κ3) is 3.15. The Hall–Kier alpha value is -0.925. The van der Waals surface area contributed by atoms with E-state index in [1.54, 1.807) is 0 Å². The van der Waals surface area contributed by atoms with Crippen LogP contribution in [0.4, 0.5) is 0 Å². The molecular weight excluding hydrogens is 269 g/mol. The van der Waals surface area contributed by atoms with Gasteiger partial charge < -0.3 is 15.2 Å². The quantitative estimate of drug-likeness (QED) is 0.588. The van der Waals surface area contributed by atoms with Crippen LogP contribution in [0.25, 0.3) is 0 Å². The molecule has 2 rings (SSSR count). The molecule has 0 atom stereocenters. The minimum absolute atomic E-state index is 0.0366. The van der Waals surface area contributed by atoms with Crippen LogP contribution in [0, 0.1) is 0 Å². The smallest absolute Gasteiger partial charge is 0.423 e. The summed E-state index contributed by atoms with van der Waals surface area (Å²) >= 11 is 0. The lowest BCUT2D eigenvalue weighted by atomic mass is 9.80. The monoisotopic (exact) mass is 285 g/mol. The standard InChI is InChI=1S/C11H16BNO5S/c14-10-4-6-13(7-5-10)19(17,18)11-3-1-2-9(8-11)12(15)16/h1-3,8,10,14-16H,4-7H2. The summed E-state index contributed by atoms with van der Waals surface area (Å²) < 4.78 is 26.0. The molecule has 0 saturated carbocycles. The minimum Gasteiger partial charge on any atom is -0.423 e. The van der Waals surface area contributed by atoms with E-state index >= 15 is 0 Å². The van der Waals surface area contributed by atoms with Gasteiger partial charge in [-0.15, -0.1) is 0 Å². The Kier molecular flexibility index (Phi) is 4.27. The summed E-state index contributed by atoms with van der Waals surface area (Å²) in [4.78, 5) is 0.0366. The van der Waals surface area contributed by atoms with E-state index in [9.17, 15) is 13.5 Å². The molecule has 0 aromatic heterocycles. The highest BCUT2D eigenvalue weighted by atomic mass is 32.2. The van der Waals surface area contributed by atoms with Crippen molar-refractivity contribution < 1.29 is 23.6 Å². The predicted octanol–water partition coefficient (Wildman–Crippen LogP) is -1.49. The van der Waals surface area contributed by atoms with Crippen molar-refractivity contribution >= 4 is 22.6 Å². The molecule has 1 saturated heterocycles. The van der Waals surface area contributed by atoms with E-state index in [0.29, 0.717) is 12.8 Å². The van der Waals surface area contributed by atoms with E-state index in [0.717, 1.165) is 0 Å². The van der Waals surface area contributed by atoms with Gasteiger partial charge in [0.25, 0.3) is 0 Å². The van der Waals surface area contributed by atoms with Crippen LogP contribution < -0.4 is 5.46 Å². The van der Waals surface area contributed by atoms with Gasteiger partial charge in [0.1, 0.15) is 0 Å². The molecule has 1 aliphatic heterocycles. The van der Waals surface area contributed by atoms with E-state index in [1.807, 2.05) is 0 Å². The maximum atomic E-state index is 12.3. The zero-order chi connectivity index (χ0) is 14.0. The molecule has 1 fully saturated rings. The maximum Gasteiger partial charge on any atom is 0.488 e. The Bertz CT molecular complexity index is 540. The number of nitrogens with zero attached hydrogens (tertiary/aromatic N) is 1. The van der Waals surface area contributed by atoms with Crippen molar-refractivity contribution in [1.29, 1.82) is 0 Å². The second kappa shape index (κ2) is 5.60. The summed E-state index contributed by atoms with van der Waals surface area (Å²) in [6.45, 7) is 0.546. The largest absolute Gasteiger partial charge is 0.488 e. The van der Waals surface area contributed by atoms with E-state index in [-0.39, 0.29) is 23.4 Å². The molecular formula is C11H16BNO5S. The second-order valence-corrected chi connectivity index (χ2v) is 6.52. The van der Waals surface area contributed by atoms with Crippen molar-refractivity contribution in [2.45, 2.75) is 23.8 Å². The molecule has 3 N–H and O–H groups in total. The van der Waals surface area contributed by atoms with Crippen LogP contribution in [0.2, 0.25) is 0 Å². The van der Waals surface area contributed by atoms with Gasteiger partial charge in [0.15, 0.2) is 0 Å². The Morgan fingerprint density at radius 2 is 1.84 bits per heavy atom. The minimum atomic E-state index is -3.64. The van der Waals surface area contributed by atoms with Gasteiger partial charge in [-0.05, 0) is 30.4 Å². The van der Waals surface area contributed by atoms with Gasteiger partial charge in [0.05, 0.1) is 11.0 Å². The number of rotatable bonds is 3. The molecule has 0 bridgehead atoms. The first-order valence-electron chi connectivity index (χ1n) is 6.05. The van der Waals surface area contributed by atoms with Crippen molar-refractivity contribution in [3.05, 3.63) is 24.3 Å². The molecule has 1 aromatic rings. The summed E-state index contributed by atoms with van der Waals surface area (Å²) in [5.41, 5.74) is 0.137. The van der Waals surface area contributed by atoms with Gasteiger partial charge in [-0.1, -0.05) is 12.1 Å². The summed E-state index contributed by atoms with van der Waals surface area (Å²) in [5.74, 6) is 0. The number of aliphatic hydroxyl groups is 1. The van der Waals surface area contributed by atoms with Gasteiger partial charge in [0.2, 0.25) is 10.0 Å². The van der Waals surface area contributed by atoms with Crippen LogP contribution in [-0.4, -0.2) is 54.2 Å². The van der Waals surface area contributed by atoms with Gasteiger partial charge in [-0.2, -0.15) is 4.31 Å². The summed E-state index contributed by atoms with van der Waals surface area (Å²) in [6, 6.07) is 5.60. The van der Waals surface area contributed by atoms with Gasteiger partial charge in [-0.3, -0.25) is 0 Å². The topological polar surface area (TPSA) is 98.1 Å². The molecule has 0 spiro atoms. The van der Waals surface area contributed by atoms with E-state index < -0.39 is 23.2 Å². The van der Waals surface area contributed by atoms with Gasteiger partial charge in [0, 0.05) is 13.1 Å². The first-order valence-corrected chi connectivity index (χ1v) is 7.49. The molecule has 104 valence electrons. The van der Waals surface area contributed by atoms with Crippen molar-refractivity contribution in [2.75, 3.05) is 13.1 Å². The molecule has 0 radical (unpaired) electrons. The van der Waals surface area contributed by atoms with Crippen molar-refractivity contribution in [2.24, 2.45) is 0 Å². The summed E-state index contributed by atoms with van der Waals surface area (Å²) in [7, 11) is -5.34. The number of hydrogen-bond acceptors (Lipinski definition) is 5. The van der Waals surface area contributed by atoms with Crippen LogP contribution in [0.15, 0.2) is 29.2 Å². The van der Waals surface area contributed by atoms with Crippen LogP contribution in [0.1, 0.15) is 12.8 Å². The summed E-state index contributed by atoms with van der Waals surface area (Å²) in [5, 5.41) is 27.5. The first kappa shape index (κ1) is 14.5. The lowest BCUT2D eigenvalue weighted by Crippen LogP contribution is -2.40. The summed E-state index contributed by atoms with van der Waals surface area (Å²) in [6.07, 6.45) is 0.389. The normalized spacial score (nSPS) is 18.5. The fourth-order valence-electron chi connectivity index (χ4n) is 2.07. The van der Waals surface area contributed by atoms with Gasteiger partial charge in [-0.25, -0.2) is 8.42 Å².